The number of rotatable bonds is 3. The summed E-state index contributed by atoms with van der Waals surface area (Å²) in [6.07, 6.45) is 7.83. The number of aliphatic hydroxyl groups is 1. The van der Waals surface area contributed by atoms with Crippen LogP contribution in [0.4, 0.5) is 0 Å². The first-order valence-corrected chi connectivity index (χ1v) is 14.2. The first-order valence-electron chi connectivity index (χ1n) is 14.2. The molecule has 2 N–H and O–H groups in total. The highest BCUT2D eigenvalue weighted by Crippen LogP contribution is 2.31. The Balaban J connectivity index is 1.32. The molecule has 0 aliphatic carbocycles. The monoisotopic (exact) mass is 560 g/mol. The predicted octanol–water partition coefficient (Wildman–Crippen LogP) is 1.62. The van der Waals surface area contributed by atoms with Crippen LogP contribution >= 0.6 is 0 Å². The van der Waals surface area contributed by atoms with Gasteiger partial charge in [0, 0.05) is 70.3 Å². The van der Waals surface area contributed by atoms with Gasteiger partial charge in [0.1, 0.15) is 17.9 Å². The summed E-state index contributed by atoms with van der Waals surface area (Å²) < 4.78 is 14.2. The number of benzene rings is 1. The third kappa shape index (κ3) is 6.12. The standard InChI is InChI=1S/C30H36N6O5/c1-34-18-22(15-33-34)21-2-4-24-27(14-21)40-13-8-23-3-5-26(37)28(41-23)16-32-29(38)25-19-35(11-12-36(25)30(24)39)17-20-6-9-31-10-7-20/h2,4,6-7,9-10,14-15,18,23,25-26,28,37H,3,5,8,11-13,16-17,19H2,1H3,(H,32,38)/t23-,25-,26-,28+/m0/s1. The number of nitrogens with zero attached hydrogens (tertiary/aromatic N) is 5. The molecule has 5 heterocycles. The van der Waals surface area contributed by atoms with E-state index in [1.807, 2.05) is 37.5 Å². The Bertz CT molecular complexity index is 1380. The third-order valence-corrected chi connectivity index (χ3v) is 8.19. The van der Waals surface area contributed by atoms with Gasteiger partial charge >= 0.3 is 0 Å². The number of hydrogen-bond acceptors (Lipinski definition) is 8. The molecule has 2 aromatic heterocycles. The van der Waals surface area contributed by atoms with Crippen molar-refractivity contribution in [1.82, 2.24) is 29.9 Å². The SMILES string of the molecule is Cn1cc(-c2ccc3c(c2)OCC[C@@H]2CC[C@H](O)[C@@H](CNC(=O)[C@@H]4CN(Cc5ccncc5)CCN4C3=O)O2)cn1. The van der Waals surface area contributed by atoms with E-state index in [4.69, 9.17) is 9.47 Å². The quantitative estimate of drug-likeness (QED) is 0.496. The number of piperazine rings is 1. The molecule has 3 aliphatic rings. The van der Waals surface area contributed by atoms with E-state index < -0.39 is 18.2 Å². The summed E-state index contributed by atoms with van der Waals surface area (Å²) in [5.74, 6) is -0.0311. The van der Waals surface area contributed by atoms with E-state index in [1.165, 1.54) is 0 Å². The van der Waals surface area contributed by atoms with Gasteiger partial charge in [0.2, 0.25) is 5.91 Å². The zero-order chi connectivity index (χ0) is 28.3. The summed E-state index contributed by atoms with van der Waals surface area (Å²) in [5, 5.41) is 17.8. The molecule has 0 saturated carbocycles. The van der Waals surface area contributed by atoms with Crippen LogP contribution in [0.25, 0.3) is 11.1 Å². The van der Waals surface area contributed by atoms with E-state index >= 15 is 0 Å². The molecule has 2 fully saturated rings. The molecular weight excluding hydrogens is 524 g/mol. The van der Waals surface area contributed by atoms with Crippen molar-refractivity contribution < 1.29 is 24.2 Å². The van der Waals surface area contributed by atoms with Crippen LogP contribution in [0, 0.1) is 0 Å². The van der Waals surface area contributed by atoms with Crippen molar-refractivity contribution in [3.8, 4) is 16.9 Å². The highest BCUT2D eigenvalue weighted by atomic mass is 16.5. The molecule has 11 heteroatoms. The molecule has 216 valence electrons. The Morgan fingerprint density at radius 3 is 2.73 bits per heavy atom. The summed E-state index contributed by atoms with van der Waals surface area (Å²) in [4.78, 5) is 35.7. The van der Waals surface area contributed by atoms with Crippen molar-refractivity contribution in [2.24, 2.45) is 7.05 Å². The molecule has 0 spiro atoms. The molecular formula is C30H36N6O5. The van der Waals surface area contributed by atoms with E-state index in [-0.39, 0.29) is 24.5 Å². The van der Waals surface area contributed by atoms with Gasteiger partial charge in [-0.2, -0.15) is 5.10 Å². The second kappa shape index (κ2) is 12.0. The number of hydrogen-bond donors (Lipinski definition) is 2. The molecule has 0 radical (unpaired) electrons. The van der Waals surface area contributed by atoms with Crippen LogP contribution < -0.4 is 10.1 Å². The van der Waals surface area contributed by atoms with Crippen LogP contribution in [-0.4, -0.2) is 98.6 Å². The normalized spacial score (nSPS) is 25.9. The predicted molar refractivity (Wildman–Crippen MR) is 150 cm³/mol. The van der Waals surface area contributed by atoms with Crippen molar-refractivity contribution in [3.05, 3.63) is 66.2 Å². The fourth-order valence-corrected chi connectivity index (χ4v) is 5.88. The Kier molecular flexibility index (Phi) is 8.00. The Morgan fingerprint density at radius 2 is 1.93 bits per heavy atom. The van der Waals surface area contributed by atoms with E-state index in [2.05, 4.69) is 20.3 Å². The van der Waals surface area contributed by atoms with Gasteiger partial charge in [0.05, 0.1) is 30.6 Å². The van der Waals surface area contributed by atoms with E-state index in [0.29, 0.717) is 63.4 Å². The highest BCUT2D eigenvalue weighted by molar-refractivity contribution is 6.00. The number of carbonyl (C=O) groups excluding carboxylic acids is 2. The average Bonchev–Trinajstić information content (AvgIpc) is 3.43. The number of aliphatic hydroxyl groups excluding tert-OH is 1. The summed E-state index contributed by atoms with van der Waals surface area (Å²) in [6.45, 7) is 2.57. The molecule has 1 aromatic carbocycles. The lowest BCUT2D eigenvalue weighted by Crippen LogP contribution is -2.61. The number of pyridine rings is 1. The molecule has 4 atom stereocenters. The number of amides is 2. The summed E-state index contributed by atoms with van der Waals surface area (Å²) in [6, 6.07) is 8.74. The maximum atomic E-state index is 14.1. The van der Waals surface area contributed by atoms with Gasteiger partial charge in [-0.1, -0.05) is 6.07 Å². The van der Waals surface area contributed by atoms with Gasteiger partial charge in [-0.3, -0.25) is 24.2 Å². The Morgan fingerprint density at radius 1 is 1.07 bits per heavy atom. The van der Waals surface area contributed by atoms with Gasteiger partial charge in [0.25, 0.3) is 5.91 Å². The van der Waals surface area contributed by atoms with Crippen molar-refractivity contribution in [1.29, 1.82) is 0 Å². The Labute approximate surface area is 239 Å². The van der Waals surface area contributed by atoms with Gasteiger partial charge in [-0.25, -0.2) is 0 Å². The average molecular weight is 561 g/mol. The zero-order valence-corrected chi connectivity index (χ0v) is 23.2. The summed E-state index contributed by atoms with van der Waals surface area (Å²) >= 11 is 0. The minimum absolute atomic E-state index is 0.106. The van der Waals surface area contributed by atoms with Crippen LogP contribution in [-0.2, 0) is 23.1 Å². The lowest BCUT2D eigenvalue weighted by Gasteiger charge is -2.41. The smallest absolute Gasteiger partial charge is 0.258 e. The molecule has 6 rings (SSSR count). The first kappa shape index (κ1) is 27.4. The number of nitrogens with one attached hydrogen (secondary N) is 1. The number of aromatic nitrogens is 3. The van der Waals surface area contributed by atoms with Crippen LogP contribution in [0.15, 0.2) is 55.1 Å². The minimum Gasteiger partial charge on any atom is -0.493 e. The number of ether oxygens (including phenoxy) is 2. The number of fused-ring (bicyclic) bond motifs is 4. The molecule has 2 amide bonds. The largest absolute Gasteiger partial charge is 0.493 e. The highest BCUT2D eigenvalue weighted by Gasteiger charge is 2.38. The molecule has 2 bridgehead atoms. The topological polar surface area (TPSA) is 122 Å². The van der Waals surface area contributed by atoms with Crippen molar-refractivity contribution in [2.75, 3.05) is 32.8 Å². The molecule has 41 heavy (non-hydrogen) atoms. The molecule has 11 nitrogen and oxygen atoms in total. The second-order valence-electron chi connectivity index (χ2n) is 11.0. The summed E-state index contributed by atoms with van der Waals surface area (Å²) in [7, 11) is 1.86. The minimum atomic E-state index is -0.719. The fourth-order valence-electron chi connectivity index (χ4n) is 5.88. The van der Waals surface area contributed by atoms with E-state index in [0.717, 1.165) is 16.7 Å². The molecule has 0 unspecified atom stereocenters. The van der Waals surface area contributed by atoms with Gasteiger partial charge in [0.15, 0.2) is 0 Å². The zero-order valence-electron chi connectivity index (χ0n) is 23.2. The number of aryl methyl sites for hydroxylation is 1. The van der Waals surface area contributed by atoms with E-state index in [1.54, 1.807) is 34.2 Å². The van der Waals surface area contributed by atoms with Crippen molar-refractivity contribution >= 4 is 11.8 Å². The second-order valence-corrected chi connectivity index (χ2v) is 11.0. The van der Waals surface area contributed by atoms with Gasteiger partial charge in [-0.15, -0.1) is 0 Å². The van der Waals surface area contributed by atoms with Crippen LogP contribution in [0.5, 0.6) is 5.75 Å². The Hall–Kier alpha value is -3.80. The number of carbonyl (C=O) groups is 2. The van der Waals surface area contributed by atoms with Crippen LogP contribution in [0.1, 0.15) is 35.2 Å². The maximum Gasteiger partial charge on any atom is 0.258 e. The summed E-state index contributed by atoms with van der Waals surface area (Å²) in [5.41, 5.74) is 3.32. The van der Waals surface area contributed by atoms with Crippen molar-refractivity contribution in [3.63, 3.8) is 0 Å². The fraction of sp³-hybridized carbons (Fsp3) is 0.467. The molecule has 3 aliphatic heterocycles. The van der Waals surface area contributed by atoms with Crippen LogP contribution in [0.2, 0.25) is 0 Å². The molecule has 2 saturated heterocycles. The lowest BCUT2D eigenvalue weighted by molar-refractivity contribution is -0.135. The maximum absolute atomic E-state index is 14.1. The van der Waals surface area contributed by atoms with Gasteiger partial charge in [-0.05, 0) is 48.2 Å². The molecule has 3 aromatic rings. The third-order valence-electron chi connectivity index (χ3n) is 8.19. The first-order chi connectivity index (χ1) is 19.9. The van der Waals surface area contributed by atoms with Gasteiger partial charge < -0.3 is 24.8 Å². The lowest BCUT2D eigenvalue weighted by atomic mass is 9.98. The van der Waals surface area contributed by atoms with E-state index in [9.17, 15) is 14.7 Å². The van der Waals surface area contributed by atoms with Crippen molar-refractivity contribution in [2.45, 2.75) is 50.2 Å². The van der Waals surface area contributed by atoms with Crippen LogP contribution in [0.3, 0.4) is 0 Å².